The summed E-state index contributed by atoms with van der Waals surface area (Å²) in [7, 11) is 0. The average Bonchev–Trinajstić information content (AvgIpc) is 2.85. The summed E-state index contributed by atoms with van der Waals surface area (Å²) in [4.78, 5) is 0. The van der Waals surface area contributed by atoms with E-state index in [-0.39, 0.29) is 0 Å². The Morgan fingerprint density at radius 3 is 2.85 bits per heavy atom. The van der Waals surface area contributed by atoms with E-state index in [0.29, 0.717) is 22.9 Å². The zero-order valence-electron chi connectivity index (χ0n) is 11.8. The van der Waals surface area contributed by atoms with Crippen molar-refractivity contribution < 1.29 is 9.84 Å². The van der Waals surface area contributed by atoms with Gasteiger partial charge < -0.3 is 15.2 Å². The molecule has 0 aromatic heterocycles. The molecule has 2 atom stereocenters. The van der Waals surface area contributed by atoms with Gasteiger partial charge in [-0.2, -0.15) is 11.8 Å². The highest BCUT2D eigenvalue weighted by Crippen LogP contribution is 2.36. The Morgan fingerprint density at radius 1 is 1.45 bits per heavy atom. The summed E-state index contributed by atoms with van der Waals surface area (Å²) in [6.45, 7) is 4.08. The van der Waals surface area contributed by atoms with Crippen LogP contribution in [0, 0.1) is 0 Å². The van der Waals surface area contributed by atoms with Gasteiger partial charge in [-0.3, -0.25) is 0 Å². The molecule has 0 saturated carbocycles. The lowest BCUT2D eigenvalue weighted by Crippen LogP contribution is -2.39. The number of benzene rings is 1. The van der Waals surface area contributed by atoms with Gasteiger partial charge in [-0.25, -0.2) is 0 Å². The monoisotopic (exact) mass is 315 g/mol. The summed E-state index contributed by atoms with van der Waals surface area (Å²) in [6, 6.07) is 7.16. The van der Waals surface area contributed by atoms with Crippen LogP contribution in [-0.2, 0) is 0 Å². The van der Waals surface area contributed by atoms with Crippen molar-refractivity contribution >= 4 is 23.4 Å². The SMILES string of the molecule is CC1(CNCC(O)COc2ccc(Cl)cc2)CCCS1. The third kappa shape index (κ3) is 5.17. The maximum atomic E-state index is 9.90. The predicted octanol–water partition coefficient (Wildman–Crippen LogP) is 2.96. The fourth-order valence-electron chi connectivity index (χ4n) is 2.26. The molecule has 3 nitrogen and oxygen atoms in total. The second-order valence-corrected chi connectivity index (χ2v) is 7.57. The van der Waals surface area contributed by atoms with Gasteiger partial charge in [0.05, 0.1) is 0 Å². The van der Waals surface area contributed by atoms with Gasteiger partial charge in [-0.1, -0.05) is 11.6 Å². The number of ether oxygens (including phenoxy) is 1. The van der Waals surface area contributed by atoms with Crippen molar-refractivity contribution in [2.24, 2.45) is 0 Å². The minimum Gasteiger partial charge on any atom is -0.491 e. The zero-order valence-corrected chi connectivity index (χ0v) is 13.3. The van der Waals surface area contributed by atoms with Crippen LogP contribution in [0.1, 0.15) is 19.8 Å². The third-order valence-corrected chi connectivity index (χ3v) is 5.23. The summed E-state index contributed by atoms with van der Waals surface area (Å²) in [5.74, 6) is 1.98. The highest BCUT2D eigenvalue weighted by Gasteiger charge is 2.28. The first-order chi connectivity index (χ1) is 9.57. The van der Waals surface area contributed by atoms with Gasteiger partial charge in [0, 0.05) is 22.9 Å². The van der Waals surface area contributed by atoms with E-state index in [4.69, 9.17) is 16.3 Å². The molecule has 5 heteroatoms. The molecule has 2 rings (SSSR count). The molecule has 1 aliphatic heterocycles. The van der Waals surface area contributed by atoms with Crippen LogP contribution in [0.15, 0.2) is 24.3 Å². The fourth-order valence-corrected chi connectivity index (χ4v) is 3.66. The Morgan fingerprint density at radius 2 is 2.20 bits per heavy atom. The number of hydrogen-bond donors (Lipinski definition) is 2. The molecular formula is C15H22ClNO2S. The second-order valence-electron chi connectivity index (χ2n) is 5.45. The number of nitrogens with one attached hydrogen (secondary N) is 1. The summed E-state index contributed by atoms with van der Waals surface area (Å²) >= 11 is 7.82. The molecule has 1 fully saturated rings. The zero-order chi connectivity index (χ0) is 14.4. The van der Waals surface area contributed by atoms with E-state index in [0.717, 1.165) is 12.3 Å². The lowest BCUT2D eigenvalue weighted by atomic mass is 10.1. The molecule has 0 spiro atoms. The van der Waals surface area contributed by atoms with E-state index < -0.39 is 6.10 Å². The molecule has 1 aliphatic rings. The van der Waals surface area contributed by atoms with Gasteiger partial charge in [0.25, 0.3) is 0 Å². The number of aliphatic hydroxyl groups excluding tert-OH is 1. The van der Waals surface area contributed by atoms with Crippen molar-refractivity contribution in [3.63, 3.8) is 0 Å². The quantitative estimate of drug-likeness (QED) is 0.812. The van der Waals surface area contributed by atoms with Crippen molar-refractivity contribution in [2.45, 2.75) is 30.6 Å². The number of aliphatic hydroxyl groups is 1. The first-order valence-electron chi connectivity index (χ1n) is 6.98. The fraction of sp³-hybridized carbons (Fsp3) is 0.600. The molecule has 20 heavy (non-hydrogen) atoms. The van der Waals surface area contributed by atoms with Gasteiger partial charge >= 0.3 is 0 Å². The number of hydrogen-bond acceptors (Lipinski definition) is 4. The van der Waals surface area contributed by atoms with Crippen LogP contribution in [0.2, 0.25) is 5.02 Å². The summed E-state index contributed by atoms with van der Waals surface area (Å²) < 4.78 is 5.85. The van der Waals surface area contributed by atoms with Crippen LogP contribution in [0.4, 0.5) is 0 Å². The van der Waals surface area contributed by atoms with Crippen molar-refractivity contribution in [3.05, 3.63) is 29.3 Å². The summed E-state index contributed by atoms with van der Waals surface area (Å²) in [5.41, 5.74) is 0. The van der Waals surface area contributed by atoms with Gasteiger partial charge in [-0.15, -0.1) is 0 Å². The van der Waals surface area contributed by atoms with Gasteiger partial charge in [0.2, 0.25) is 0 Å². The molecule has 1 aromatic carbocycles. The van der Waals surface area contributed by atoms with Crippen molar-refractivity contribution in [2.75, 3.05) is 25.4 Å². The maximum absolute atomic E-state index is 9.90. The molecule has 1 saturated heterocycles. The van der Waals surface area contributed by atoms with Crippen LogP contribution in [0.3, 0.4) is 0 Å². The number of thioether (sulfide) groups is 1. The van der Waals surface area contributed by atoms with E-state index in [1.54, 1.807) is 24.3 Å². The molecule has 1 heterocycles. The van der Waals surface area contributed by atoms with Crippen LogP contribution in [0.25, 0.3) is 0 Å². The van der Waals surface area contributed by atoms with E-state index in [1.807, 2.05) is 11.8 Å². The minimum atomic E-state index is -0.499. The smallest absolute Gasteiger partial charge is 0.119 e. The Balaban J connectivity index is 1.62. The van der Waals surface area contributed by atoms with Crippen LogP contribution in [-0.4, -0.2) is 41.4 Å². The first kappa shape index (κ1) is 16.0. The average molecular weight is 316 g/mol. The lowest BCUT2D eigenvalue weighted by Gasteiger charge is -2.24. The van der Waals surface area contributed by atoms with Gasteiger partial charge in [-0.05, 0) is 49.8 Å². The standard InChI is InChI=1S/C15H22ClNO2S/c1-15(7-2-8-20-15)11-17-9-13(18)10-19-14-5-3-12(16)4-6-14/h3-6,13,17-18H,2,7-11H2,1H3. The maximum Gasteiger partial charge on any atom is 0.119 e. The number of halogens is 1. The van der Waals surface area contributed by atoms with Crippen molar-refractivity contribution in [1.82, 2.24) is 5.32 Å². The van der Waals surface area contributed by atoms with E-state index in [1.165, 1.54) is 18.6 Å². The highest BCUT2D eigenvalue weighted by atomic mass is 35.5. The molecule has 112 valence electrons. The molecule has 1 aromatic rings. The molecule has 0 aliphatic carbocycles. The lowest BCUT2D eigenvalue weighted by molar-refractivity contribution is 0.106. The molecular weight excluding hydrogens is 294 g/mol. The van der Waals surface area contributed by atoms with Gasteiger partial charge in [0.1, 0.15) is 18.5 Å². The molecule has 2 unspecified atom stereocenters. The summed E-state index contributed by atoms with van der Waals surface area (Å²) in [5, 5.41) is 13.9. The Hall–Kier alpha value is -0.420. The first-order valence-corrected chi connectivity index (χ1v) is 8.35. The minimum absolute atomic E-state index is 0.290. The highest BCUT2D eigenvalue weighted by molar-refractivity contribution is 8.00. The van der Waals surface area contributed by atoms with Crippen molar-refractivity contribution in [1.29, 1.82) is 0 Å². The molecule has 0 bridgehead atoms. The van der Waals surface area contributed by atoms with Crippen LogP contribution < -0.4 is 10.1 Å². The number of rotatable bonds is 7. The van der Waals surface area contributed by atoms with E-state index in [2.05, 4.69) is 12.2 Å². The molecule has 0 amide bonds. The van der Waals surface area contributed by atoms with Crippen molar-refractivity contribution in [3.8, 4) is 5.75 Å². The van der Waals surface area contributed by atoms with E-state index >= 15 is 0 Å². The Kier molecular flexibility index (Phi) is 6.02. The van der Waals surface area contributed by atoms with Gasteiger partial charge in [0.15, 0.2) is 0 Å². The van der Waals surface area contributed by atoms with E-state index in [9.17, 15) is 5.11 Å². The normalized spacial score (nSPS) is 23.8. The van der Waals surface area contributed by atoms with Crippen LogP contribution in [0.5, 0.6) is 5.75 Å². The molecule has 0 radical (unpaired) electrons. The largest absolute Gasteiger partial charge is 0.491 e. The third-order valence-electron chi connectivity index (χ3n) is 3.44. The Bertz CT molecular complexity index is 407. The molecule has 2 N–H and O–H groups in total. The van der Waals surface area contributed by atoms with Crippen LogP contribution >= 0.6 is 23.4 Å². The topological polar surface area (TPSA) is 41.5 Å². The second kappa shape index (κ2) is 7.55. The summed E-state index contributed by atoms with van der Waals surface area (Å²) in [6.07, 6.45) is 2.05. The Labute approximate surface area is 130 Å². The predicted molar refractivity (Wildman–Crippen MR) is 85.9 cm³/mol.